The summed E-state index contributed by atoms with van der Waals surface area (Å²) in [5.41, 5.74) is 0.0530. The number of aromatic nitrogens is 4. The van der Waals surface area contributed by atoms with E-state index in [4.69, 9.17) is 14.2 Å². The van der Waals surface area contributed by atoms with Gasteiger partial charge in [-0.15, -0.1) is 4.98 Å². The van der Waals surface area contributed by atoms with Gasteiger partial charge in [0.15, 0.2) is 0 Å². The summed E-state index contributed by atoms with van der Waals surface area (Å²) in [5, 5.41) is 3.35. The number of sulfonamides is 1. The summed E-state index contributed by atoms with van der Waals surface area (Å²) in [5.74, 6) is -0.290. The number of urea groups is 1. The first-order valence-electron chi connectivity index (χ1n) is 7.14. The van der Waals surface area contributed by atoms with Crippen LogP contribution in [0.15, 0.2) is 10.3 Å². The van der Waals surface area contributed by atoms with Crippen molar-refractivity contribution < 1.29 is 31.8 Å². The van der Waals surface area contributed by atoms with Gasteiger partial charge >= 0.3 is 18.1 Å². The van der Waals surface area contributed by atoms with E-state index in [2.05, 4.69) is 24.6 Å². The summed E-state index contributed by atoms with van der Waals surface area (Å²) in [4.78, 5) is 23.0. The van der Waals surface area contributed by atoms with Crippen molar-refractivity contribution in [2.75, 3.05) is 32.8 Å². The maximum atomic E-state index is 12.4. The third kappa shape index (κ3) is 5.66. The molecule has 0 saturated carbocycles. The molecule has 0 spiro atoms. The van der Waals surface area contributed by atoms with Crippen LogP contribution in [0, 0.1) is 0 Å². The van der Waals surface area contributed by atoms with Crippen LogP contribution in [0.2, 0.25) is 0 Å². The second-order valence-electron chi connectivity index (χ2n) is 4.56. The second kappa shape index (κ2) is 9.33. The molecule has 148 valence electrons. The van der Waals surface area contributed by atoms with Gasteiger partial charge in [-0.05, 0) is 11.5 Å². The first-order chi connectivity index (χ1) is 12.9. The molecule has 0 aromatic carbocycles. The lowest BCUT2D eigenvalue weighted by Crippen LogP contribution is -2.35. The van der Waals surface area contributed by atoms with Crippen molar-refractivity contribution in [3.05, 3.63) is 11.1 Å². The number of nitrogens with zero attached hydrogens (tertiary/aromatic N) is 4. The Morgan fingerprint density at radius 3 is 2.48 bits per heavy atom. The standard InChI is InChI=1S/C12H15FN6O6S2/c1-23-11-15-9(16-12(17-11)24-2)14-10(20)19-27(21,22)8-6-26-18-7(8)5-25-4-3-13/h6H,3-5H2,1-2H3,(H2,14,15,16,17,19,20). The topological polar surface area (TPSA) is 155 Å². The van der Waals surface area contributed by atoms with Gasteiger partial charge in [0.25, 0.3) is 10.0 Å². The largest absolute Gasteiger partial charge is 0.467 e. The van der Waals surface area contributed by atoms with Gasteiger partial charge in [0.1, 0.15) is 17.3 Å². The number of rotatable bonds is 9. The minimum absolute atomic E-state index is 0.0530. The lowest BCUT2D eigenvalue weighted by molar-refractivity contribution is 0.103. The number of hydrogen-bond acceptors (Lipinski definition) is 11. The normalized spacial score (nSPS) is 11.1. The Bertz CT molecular complexity index is 870. The van der Waals surface area contributed by atoms with Gasteiger partial charge in [0, 0.05) is 5.38 Å². The molecule has 0 aliphatic carbocycles. The van der Waals surface area contributed by atoms with Gasteiger partial charge in [-0.3, -0.25) is 5.32 Å². The Labute approximate surface area is 157 Å². The van der Waals surface area contributed by atoms with E-state index >= 15 is 0 Å². The van der Waals surface area contributed by atoms with Crippen molar-refractivity contribution in [3.8, 4) is 12.0 Å². The highest BCUT2D eigenvalue weighted by Crippen LogP contribution is 2.18. The number of methoxy groups -OCH3 is 2. The minimum Gasteiger partial charge on any atom is -0.467 e. The average molecular weight is 422 g/mol. The van der Waals surface area contributed by atoms with Crippen molar-refractivity contribution in [3.63, 3.8) is 0 Å². The van der Waals surface area contributed by atoms with Crippen LogP contribution < -0.4 is 19.5 Å². The molecule has 2 rings (SSSR count). The number of amides is 2. The fraction of sp³-hybridized carbons (Fsp3) is 0.417. The van der Waals surface area contributed by atoms with Crippen molar-refractivity contribution in [2.45, 2.75) is 11.5 Å². The zero-order valence-electron chi connectivity index (χ0n) is 14.1. The molecule has 12 nitrogen and oxygen atoms in total. The molecule has 0 saturated heterocycles. The lowest BCUT2D eigenvalue weighted by Gasteiger charge is -2.09. The Morgan fingerprint density at radius 2 is 1.89 bits per heavy atom. The van der Waals surface area contributed by atoms with Crippen molar-refractivity contribution in [1.82, 2.24) is 24.0 Å². The van der Waals surface area contributed by atoms with Gasteiger partial charge in [0.2, 0.25) is 5.95 Å². The van der Waals surface area contributed by atoms with Crippen LogP contribution in [0.5, 0.6) is 12.0 Å². The minimum atomic E-state index is -4.26. The zero-order valence-corrected chi connectivity index (χ0v) is 15.8. The predicted molar refractivity (Wildman–Crippen MR) is 90.0 cm³/mol. The molecule has 0 bridgehead atoms. The quantitative estimate of drug-likeness (QED) is 0.541. The molecule has 2 N–H and O–H groups in total. The number of alkyl halides is 1. The molecule has 2 heterocycles. The number of hydrogen-bond donors (Lipinski definition) is 2. The zero-order chi connectivity index (χ0) is 19.9. The van der Waals surface area contributed by atoms with Crippen LogP contribution in [-0.2, 0) is 21.4 Å². The SMILES string of the molecule is COc1nc(NC(=O)NS(=O)(=O)c2csnc2COCCF)nc(OC)n1. The molecule has 0 aliphatic rings. The molecule has 0 fully saturated rings. The third-order valence-electron chi connectivity index (χ3n) is 2.77. The van der Waals surface area contributed by atoms with E-state index in [0.717, 1.165) is 11.5 Å². The maximum absolute atomic E-state index is 12.4. The van der Waals surface area contributed by atoms with E-state index in [0.29, 0.717) is 0 Å². The molecule has 2 aromatic heterocycles. The highest BCUT2D eigenvalue weighted by atomic mass is 32.2. The molecule has 27 heavy (non-hydrogen) atoms. The highest BCUT2D eigenvalue weighted by Gasteiger charge is 2.24. The molecule has 0 atom stereocenters. The highest BCUT2D eigenvalue weighted by molar-refractivity contribution is 7.90. The van der Waals surface area contributed by atoms with Gasteiger partial charge in [-0.25, -0.2) is 22.3 Å². The predicted octanol–water partition coefficient (Wildman–Crippen LogP) is 0.342. The van der Waals surface area contributed by atoms with E-state index in [1.54, 1.807) is 4.72 Å². The number of carbonyl (C=O) groups is 1. The summed E-state index contributed by atoms with van der Waals surface area (Å²) in [6.07, 6.45) is 0. The maximum Gasteiger partial charge on any atom is 0.335 e. The number of halogens is 1. The molecular weight excluding hydrogens is 407 g/mol. The van der Waals surface area contributed by atoms with Crippen LogP contribution in [0.1, 0.15) is 5.69 Å². The van der Waals surface area contributed by atoms with Gasteiger partial charge < -0.3 is 14.2 Å². The van der Waals surface area contributed by atoms with Crippen molar-refractivity contribution >= 4 is 33.5 Å². The van der Waals surface area contributed by atoms with Crippen LogP contribution >= 0.6 is 11.5 Å². The van der Waals surface area contributed by atoms with Gasteiger partial charge in [0.05, 0.1) is 27.4 Å². The van der Waals surface area contributed by atoms with E-state index in [9.17, 15) is 17.6 Å². The smallest absolute Gasteiger partial charge is 0.335 e. The van der Waals surface area contributed by atoms with Crippen LogP contribution in [0.4, 0.5) is 15.1 Å². The van der Waals surface area contributed by atoms with Gasteiger partial charge in [-0.2, -0.15) is 14.3 Å². The third-order valence-corrected chi connectivity index (χ3v) is 4.97. The van der Waals surface area contributed by atoms with Crippen LogP contribution in [0.3, 0.4) is 0 Å². The molecular formula is C12H15FN6O6S2. The number of ether oxygens (including phenoxy) is 3. The second-order valence-corrected chi connectivity index (χ2v) is 6.84. The molecule has 0 unspecified atom stereocenters. The van der Waals surface area contributed by atoms with Gasteiger partial charge in [-0.1, -0.05) is 0 Å². The summed E-state index contributed by atoms with van der Waals surface area (Å²) in [6, 6.07) is -1.42. The monoisotopic (exact) mass is 422 g/mol. The first-order valence-corrected chi connectivity index (χ1v) is 9.46. The van der Waals surface area contributed by atoms with Crippen molar-refractivity contribution in [1.29, 1.82) is 0 Å². The summed E-state index contributed by atoms with van der Waals surface area (Å²) >= 11 is 0.851. The molecule has 2 amide bonds. The van der Waals surface area contributed by atoms with E-state index < -0.39 is 22.7 Å². The molecule has 15 heteroatoms. The summed E-state index contributed by atoms with van der Waals surface area (Å²) < 4.78 is 57.0. The van der Waals surface area contributed by atoms with E-state index in [1.807, 2.05) is 0 Å². The molecule has 0 aliphatic heterocycles. The average Bonchev–Trinajstić information content (AvgIpc) is 3.10. The fourth-order valence-corrected chi connectivity index (χ4v) is 3.75. The Hall–Kier alpha value is -2.65. The summed E-state index contributed by atoms with van der Waals surface area (Å²) in [7, 11) is -1.68. The fourth-order valence-electron chi connectivity index (χ4n) is 1.67. The van der Waals surface area contributed by atoms with Crippen LogP contribution in [0.25, 0.3) is 0 Å². The first kappa shape index (κ1) is 20.7. The Morgan fingerprint density at radius 1 is 1.22 bits per heavy atom. The molecule has 2 aromatic rings. The Balaban J connectivity index is 2.10. The number of carbonyl (C=O) groups excluding carboxylic acids is 1. The van der Waals surface area contributed by atoms with E-state index in [1.165, 1.54) is 19.6 Å². The van der Waals surface area contributed by atoms with Crippen LogP contribution in [-0.4, -0.2) is 61.3 Å². The summed E-state index contributed by atoms with van der Waals surface area (Å²) in [6.45, 7) is -1.13. The number of nitrogens with one attached hydrogen (secondary N) is 2. The Kier molecular flexibility index (Phi) is 7.14. The number of anilines is 1. The van der Waals surface area contributed by atoms with E-state index in [-0.39, 0.29) is 41.8 Å². The lowest BCUT2D eigenvalue weighted by atomic mass is 10.5. The van der Waals surface area contributed by atoms with Crippen molar-refractivity contribution in [2.24, 2.45) is 0 Å². The molecule has 0 radical (unpaired) electrons.